The van der Waals surface area contributed by atoms with Gasteiger partial charge in [-0.15, -0.1) is 0 Å². The van der Waals surface area contributed by atoms with E-state index in [2.05, 4.69) is 12.2 Å². The van der Waals surface area contributed by atoms with Crippen LogP contribution in [0.1, 0.15) is 45.1 Å². The van der Waals surface area contributed by atoms with Gasteiger partial charge in [-0.3, -0.25) is 9.10 Å². The summed E-state index contributed by atoms with van der Waals surface area (Å²) in [5.74, 6) is 0.829. The Labute approximate surface area is 180 Å². The van der Waals surface area contributed by atoms with Gasteiger partial charge >= 0.3 is 0 Å². The van der Waals surface area contributed by atoms with Crippen molar-refractivity contribution in [2.24, 2.45) is 0 Å². The zero-order valence-corrected chi connectivity index (χ0v) is 19.0. The van der Waals surface area contributed by atoms with Crippen molar-refractivity contribution in [2.45, 2.75) is 45.6 Å². The molecule has 0 spiro atoms. The molecule has 0 heterocycles. The minimum Gasteiger partial charge on any atom is -0.491 e. The third kappa shape index (κ3) is 7.71. The van der Waals surface area contributed by atoms with E-state index >= 15 is 0 Å². The summed E-state index contributed by atoms with van der Waals surface area (Å²) in [5, 5.41) is 2.94. The third-order valence-electron chi connectivity index (χ3n) is 4.64. The summed E-state index contributed by atoms with van der Waals surface area (Å²) in [4.78, 5) is 12.2. The van der Waals surface area contributed by atoms with Crippen LogP contribution in [-0.2, 0) is 14.8 Å². The second-order valence-electron chi connectivity index (χ2n) is 7.71. The molecule has 1 N–H and O–H groups in total. The van der Waals surface area contributed by atoms with E-state index in [1.807, 2.05) is 44.2 Å². The molecule has 0 unspecified atom stereocenters. The average Bonchev–Trinajstić information content (AvgIpc) is 2.69. The first-order valence-electron chi connectivity index (χ1n) is 10.2. The molecule has 0 bridgehead atoms. The Kier molecular flexibility index (Phi) is 8.72. The molecule has 7 heteroatoms. The second kappa shape index (κ2) is 11.0. The average molecular weight is 433 g/mol. The first kappa shape index (κ1) is 23.7. The first-order chi connectivity index (χ1) is 14.2. The molecule has 0 aliphatic carbocycles. The van der Waals surface area contributed by atoms with Crippen LogP contribution in [0.25, 0.3) is 0 Å². The number of sulfonamides is 1. The van der Waals surface area contributed by atoms with Gasteiger partial charge in [0.05, 0.1) is 18.0 Å². The van der Waals surface area contributed by atoms with Gasteiger partial charge in [0.1, 0.15) is 5.75 Å². The molecule has 0 aliphatic heterocycles. The van der Waals surface area contributed by atoms with E-state index in [0.717, 1.165) is 0 Å². The molecule has 164 valence electrons. The number of nitrogens with one attached hydrogen (secondary N) is 1. The van der Waals surface area contributed by atoms with Gasteiger partial charge in [-0.1, -0.05) is 37.3 Å². The lowest BCUT2D eigenvalue weighted by Crippen LogP contribution is -2.32. The lowest BCUT2D eigenvalue weighted by molar-refractivity contribution is -0.121. The topological polar surface area (TPSA) is 75.7 Å². The van der Waals surface area contributed by atoms with E-state index in [0.29, 0.717) is 24.4 Å². The number of rotatable bonds is 11. The standard InChI is InChI=1S/C23H32N2O4S/c1-18(2)29-22-14-12-21(13-15-22)25(30(4,27)28)16-8-11-23(26)24-17-19(3)20-9-6-5-7-10-20/h5-7,9-10,12-15,18-19H,8,11,16-17H2,1-4H3,(H,24,26)/t19-/m1/s1. The summed E-state index contributed by atoms with van der Waals surface area (Å²) in [5.41, 5.74) is 1.73. The van der Waals surface area contributed by atoms with Crippen LogP contribution in [0.4, 0.5) is 5.69 Å². The van der Waals surface area contributed by atoms with Crippen LogP contribution in [-0.4, -0.2) is 39.8 Å². The smallest absolute Gasteiger partial charge is 0.232 e. The number of anilines is 1. The van der Waals surface area contributed by atoms with Crippen molar-refractivity contribution < 1.29 is 17.9 Å². The van der Waals surface area contributed by atoms with E-state index in [1.54, 1.807) is 24.3 Å². The van der Waals surface area contributed by atoms with Gasteiger partial charge in [0.25, 0.3) is 0 Å². The molecule has 2 aromatic rings. The van der Waals surface area contributed by atoms with Crippen molar-refractivity contribution in [2.75, 3.05) is 23.7 Å². The fourth-order valence-electron chi connectivity index (χ4n) is 3.09. The number of hydrogen-bond donors (Lipinski definition) is 1. The summed E-state index contributed by atoms with van der Waals surface area (Å²) in [7, 11) is -3.45. The maximum absolute atomic E-state index is 12.2. The molecule has 1 amide bonds. The monoisotopic (exact) mass is 432 g/mol. The van der Waals surface area contributed by atoms with Crippen LogP contribution in [0.2, 0.25) is 0 Å². The van der Waals surface area contributed by atoms with E-state index in [-0.39, 0.29) is 30.9 Å². The number of ether oxygens (including phenoxy) is 1. The highest BCUT2D eigenvalue weighted by atomic mass is 32.2. The summed E-state index contributed by atoms with van der Waals surface area (Å²) >= 11 is 0. The van der Waals surface area contributed by atoms with Gasteiger partial charge < -0.3 is 10.1 Å². The number of carbonyl (C=O) groups is 1. The molecule has 30 heavy (non-hydrogen) atoms. The van der Waals surface area contributed by atoms with E-state index in [9.17, 15) is 13.2 Å². The number of carbonyl (C=O) groups excluding carboxylic acids is 1. The molecule has 6 nitrogen and oxygen atoms in total. The Morgan fingerprint density at radius 1 is 1.03 bits per heavy atom. The lowest BCUT2D eigenvalue weighted by Gasteiger charge is -2.23. The minimum absolute atomic E-state index is 0.0463. The Balaban J connectivity index is 1.87. The van der Waals surface area contributed by atoms with Crippen LogP contribution in [0.5, 0.6) is 5.75 Å². The second-order valence-corrected chi connectivity index (χ2v) is 9.62. The molecule has 0 saturated heterocycles. The molecular formula is C23H32N2O4S. The quantitative estimate of drug-likeness (QED) is 0.584. The Hall–Kier alpha value is -2.54. The van der Waals surface area contributed by atoms with Crippen molar-refractivity contribution in [3.63, 3.8) is 0 Å². The number of hydrogen-bond acceptors (Lipinski definition) is 4. The van der Waals surface area contributed by atoms with Gasteiger partial charge in [0, 0.05) is 19.5 Å². The molecular weight excluding hydrogens is 400 g/mol. The van der Waals surface area contributed by atoms with Gasteiger partial charge in [-0.25, -0.2) is 8.42 Å². The largest absolute Gasteiger partial charge is 0.491 e. The van der Waals surface area contributed by atoms with E-state index < -0.39 is 10.0 Å². The first-order valence-corrected chi connectivity index (χ1v) is 12.1. The number of benzene rings is 2. The maximum Gasteiger partial charge on any atom is 0.232 e. The molecule has 1 atom stereocenters. The summed E-state index contributed by atoms with van der Waals surface area (Å²) in [6.45, 7) is 6.72. The summed E-state index contributed by atoms with van der Waals surface area (Å²) in [6.07, 6.45) is 1.92. The van der Waals surface area contributed by atoms with Crippen molar-refractivity contribution in [1.82, 2.24) is 5.32 Å². The Morgan fingerprint density at radius 2 is 1.67 bits per heavy atom. The predicted octanol–water partition coefficient (Wildman–Crippen LogP) is 3.94. The third-order valence-corrected chi connectivity index (χ3v) is 5.83. The van der Waals surface area contributed by atoms with E-state index in [1.165, 1.54) is 16.1 Å². The van der Waals surface area contributed by atoms with Gasteiger partial charge in [-0.05, 0) is 56.0 Å². The highest BCUT2D eigenvalue weighted by Gasteiger charge is 2.18. The van der Waals surface area contributed by atoms with Crippen molar-refractivity contribution in [1.29, 1.82) is 0 Å². The number of amides is 1. The van der Waals surface area contributed by atoms with Gasteiger partial charge in [-0.2, -0.15) is 0 Å². The molecule has 0 radical (unpaired) electrons. The summed E-state index contributed by atoms with van der Waals surface area (Å²) < 4.78 is 31.4. The van der Waals surface area contributed by atoms with Crippen LogP contribution < -0.4 is 14.4 Å². The van der Waals surface area contributed by atoms with Crippen LogP contribution in [0.15, 0.2) is 54.6 Å². The maximum atomic E-state index is 12.2. The molecule has 2 rings (SSSR count). The van der Waals surface area contributed by atoms with Crippen LogP contribution in [0.3, 0.4) is 0 Å². The van der Waals surface area contributed by atoms with Crippen molar-refractivity contribution in [3.8, 4) is 5.75 Å². The van der Waals surface area contributed by atoms with E-state index in [4.69, 9.17) is 4.74 Å². The molecule has 0 fully saturated rings. The normalized spacial score (nSPS) is 12.4. The summed E-state index contributed by atoms with van der Waals surface area (Å²) in [6, 6.07) is 17.0. The minimum atomic E-state index is -3.45. The molecule has 2 aromatic carbocycles. The zero-order valence-electron chi connectivity index (χ0n) is 18.2. The Morgan fingerprint density at radius 3 is 2.23 bits per heavy atom. The van der Waals surface area contributed by atoms with Crippen LogP contribution >= 0.6 is 0 Å². The molecule has 0 saturated carbocycles. The van der Waals surface area contributed by atoms with Crippen LogP contribution in [0, 0.1) is 0 Å². The van der Waals surface area contributed by atoms with Crippen molar-refractivity contribution in [3.05, 3.63) is 60.2 Å². The predicted molar refractivity (Wildman–Crippen MR) is 121 cm³/mol. The van der Waals surface area contributed by atoms with Gasteiger partial charge in [0.15, 0.2) is 0 Å². The molecule has 0 aliphatic rings. The lowest BCUT2D eigenvalue weighted by atomic mass is 10.0. The van der Waals surface area contributed by atoms with Gasteiger partial charge in [0.2, 0.25) is 15.9 Å². The zero-order chi connectivity index (χ0) is 22.1. The fraction of sp³-hybridized carbons (Fsp3) is 0.435. The highest BCUT2D eigenvalue weighted by Crippen LogP contribution is 2.23. The Bertz CT molecular complexity index is 897. The SMILES string of the molecule is CC(C)Oc1ccc(N(CCCC(=O)NC[C@@H](C)c2ccccc2)S(C)(=O)=O)cc1. The fourth-order valence-corrected chi connectivity index (χ4v) is 4.05. The number of nitrogens with zero attached hydrogens (tertiary/aromatic N) is 1. The highest BCUT2D eigenvalue weighted by molar-refractivity contribution is 7.92. The molecule has 0 aromatic heterocycles. The van der Waals surface area contributed by atoms with Crippen molar-refractivity contribution >= 4 is 21.6 Å².